The number of amides is 2. The number of benzene rings is 1. The number of carbonyl (C=O) groups is 2. The van der Waals surface area contributed by atoms with Gasteiger partial charge in [-0.2, -0.15) is 5.10 Å². The van der Waals surface area contributed by atoms with Crippen molar-refractivity contribution in [1.29, 1.82) is 0 Å². The average molecular weight is 438 g/mol. The lowest BCUT2D eigenvalue weighted by Crippen LogP contribution is -2.51. The number of hydrogen-bond acceptors (Lipinski definition) is 6. The monoisotopic (exact) mass is 438 g/mol. The molecule has 0 N–H and O–H groups in total. The summed E-state index contributed by atoms with van der Waals surface area (Å²) in [6, 6.07) is 12.8. The van der Waals surface area contributed by atoms with E-state index >= 15 is 0 Å². The van der Waals surface area contributed by atoms with Gasteiger partial charge in [-0.1, -0.05) is 0 Å². The highest BCUT2D eigenvalue weighted by Gasteiger charge is 2.28. The first kappa shape index (κ1) is 21.5. The normalized spacial score (nSPS) is 13.8. The van der Waals surface area contributed by atoms with Gasteiger partial charge in [-0.05, 0) is 50.2 Å². The smallest absolute Gasteiger partial charge is 0.409 e. The highest BCUT2D eigenvalue weighted by atomic mass is 16.6. The van der Waals surface area contributed by atoms with E-state index in [9.17, 15) is 9.59 Å². The molecule has 3 aromatic rings. The molecule has 0 atom stereocenters. The molecule has 3 heterocycles. The first-order valence-electron chi connectivity index (χ1n) is 10.5. The van der Waals surface area contributed by atoms with Crippen LogP contribution in [0.1, 0.15) is 23.2 Å². The summed E-state index contributed by atoms with van der Waals surface area (Å²) in [6.07, 6.45) is -0.349. The Bertz CT molecular complexity index is 1090. The van der Waals surface area contributed by atoms with Gasteiger partial charge in [-0.25, -0.2) is 9.48 Å². The summed E-state index contributed by atoms with van der Waals surface area (Å²) in [5.74, 6) is 1.91. The number of rotatable bonds is 5. The molecule has 4 rings (SSSR count). The maximum absolute atomic E-state index is 13.4. The fourth-order valence-corrected chi connectivity index (χ4v) is 3.62. The van der Waals surface area contributed by atoms with Crippen molar-refractivity contribution in [1.82, 2.24) is 19.6 Å². The van der Waals surface area contributed by atoms with Crippen LogP contribution < -0.4 is 4.74 Å². The Morgan fingerprint density at radius 3 is 2.31 bits per heavy atom. The van der Waals surface area contributed by atoms with Crippen LogP contribution in [-0.2, 0) is 4.74 Å². The van der Waals surface area contributed by atoms with E-state index in [0.717, 1.165) is 11.4 Å². The summed E-state index contributed by atoms with van der Waals surface area (Å²) in [6.45, 7) is 5.64. The standard InChI is InChI=1S/C23H26N4O5/c1-4-31-23(29)26-13-11-25(12-14-26)22(28)20-15-19(21-10-5-16(2)32-21)24-27(20)17-6-8-18(30-3)9-7-17/h5-10,15H,4,11-14H2,1-3H3. The molecule has 0 bridgehead atoms. The molecule has 1 aromatic carbocycles. The molecule has 2 aromatic heterocycles. The van der Waals surface area contributed by atoms with Gasteiger partial charge < -0.3 is 23.7 Å². The van der Waals surface area contributed by atoms with Gasteiger partial charge in [-0.3, -0.25) is 4.79 Å². The zero-order chi connectivity index (χ0) is 22.7. The number of furan rings is 1. The summed E-state index contributed by atoms with van der Waals surface area (Å²) in [4.78, 5) is 28.8. The molecule has 0 radical (unpaired) electrons. The molecule has 1 aliphatic heterocycles. The zero-order valence-electron chi connectivity index (χ0n) is 18.4. The van der Waals surface area contributed by atoms with Crippen LogP contribution >= 0.6 is 0 Å². The van der Waals surface area contributed by atoms with Crippen LogP contribution in [0.5, 0.6) is 5.75 Å². The van der Waals surface area contributed by atoms with Crippen molar-refractivity contribution < 1.29 is 23.5 Å². The van der Waals surface area contributed by atoms with E-state index in [4.69, 9.17) is 13.9 Å². The number of hydrogen-bond donors (Lipinski definition) is 0. The van der Waals surface area contributed by atoms with Gasteiger partial charge >= 0.3 is 6.09 Å². The van der Waals surface area contributed by atoms with Gasteiger partial charge in [-0.15, -0.1) is 0 Å². The number of aryl methyl sites for hydroxylation is 1. The molecule has 32 heavy (non-hydrogen) atoms. The third-order valence-corrected chi connectivity index (χ3v) is 5.33. The molecule has 1 fully saturated rings. The second-order valence-electron chi connectivity index (χ2n) is 7.41. The van der Waals surface area contributed by atoms with Crippen molar-refractivity contribution in [3.63, 3.8) is 0 Å². The molecule has 0 aliphatic carbocycles. The summed E-state index contributed by atoms with van der Waals surface area (Å²) in [7, 11) is 1.60. The number of nitrogens with zero attached hydrogens (tertiary/aromatic N) is 4. The van der Waals surface area contributed by atoms with Gasteiger partial charge in [0.1, 0.15) is 22.9 Å². The molecule has 0 spiro atoms. The SMILES string of the molecule is CCOC(=O)N1CCN(C(=O)c2cc(-c3ccc(C)o3)nn2-c2ccc(OC)cc2)CC1. The van der Waals surface area contributed by atoms with Gasteiger partial charge in [0.25, 0.3) is 5.91 Å². The second kappa shape index (κ2) is 9.17. The lowest BCUT2D eigenvalue weighted by atomic mass is 10.2. The number of methoxy groups -OCH3 is 1. The number of carbonyl (C=O) groups excluding carboxylic acids is 2. The van der Waals surface area contributed by atoms with Crippen LogP contribution in [0.15, 0.2) is 46.9 Å². The van der Waals surface area contributed by atoms with Crippen molar-refractivity contribution in [3.8, 4) is 22.9 Å². The molecule has 0 unspecified atom stereocenters. The number of aromatic nitrogens is 2. The maximum Gasteiger partial charge on any atom is 0.409 e. The summed E-state index contributed by atoms with van der Waals surface area (Å²) in [5, 5.41) is 4.65. The Kier molecular flexibility index (Phi) is 6.16. The van der Waals surface area contributed by atoms with E-state index in [1.54, 1.807) is 34.6 Å². The molecule has 1 saturated heterocycles. The van der Waals surface area contributed by atoms with Crippen LogP contribution in [-0.4, -0.2) is 71.5 Å². The van der Waals surface area contributed by atoms with Gasteiger partial charge in [0.15, 0.2) is 5.76 Å². The molecule has 9 nitrogen and oxygen atoms in total. The Morgan fingerprint density at radius 2 is 1.72 bits per heavy atom. The summed E-state index contributed by atoms with van der Waals surface area (Å²) >= 11 is 0. The van der Waals surface area contributed by atoms with Crippen LogP contribution in [0.4, 0.5) is 4.79 Å². The average Bonchev–Trinajstić information content (AvgIpc) is 3.45. The van der Waals surface area contributed by atoms with E-state index in [1.807, 2.05) is 43.3 Å². The minimum Gasteiger partial charge on any atom is -0.497 e. The van der Waals surface area contributed by atoms with Crippen LogP contribution in [0, 0.1) is 6.92 Å². The molecule has 1 aliphatic rings. The molecule has 168 valence electrons. The lowest BCUT2D eigenvalue weighted by Gasteiger charge is -2.34. The number of ether oxygens (including phenoxy) is 2. The Hall–Kier alpha value is -3.75. The van der Waals surface area contributed by atoms with Gasteiger partial charge in [0, 0.05) is 32.2 Å². The molecular weight excluding hydrogens is 412 g/mol. The fraction of sp³-hybridized carbons (Fsp3) is 0.348. The van der Waals surface area contributed by atoms with E-state index in [2.05, 4.69) is 5.10 Å². The minimum absolute atomic E-state index is 0.161. The first-order valence-corrected chi connectivity index (χ1v) is 10.5. The maximum atomic E-state index is 13.4. The fourth-order valence-electron chi connectivity index (χ4n) is 3.62. The minimum atomic E-state index is -0.349. The van der Waals surface area contributed by atoms with E-state index in [0.29, 0.717) is 55.7 Å². The second-order valence-corrected chi connectivity index (χ2v) is 7.41. The largest absolute Gasteiger partial charge is 0.497 e. The third kappa shape index (κ3) is 4.32. The Balaban J connectivity index is 1.62. The highest BCUT2D eigenvalue weighted by Crippen LogP contribution is 2.25. The summed E-state index contributed by atoms with van der Waals surface area (Å²) < 4.78 is 17.6. The molecule has 2 amide bonds. The van der Waals surface area contributed by atoms with Crippen LogP contribution in [0.3, 0.4) is 0 Å². The first-order chi connectivity index (χ1) is 15.5. The highest BCUT2D eigenvalue weighted by molar-refractivity contribution is 5.94. The number of piperazine rings is 1. The van der Waals surface area contributed by atoms with Crippen molar-refractivity contribution >= 4 is 12.0 Å². The molecule has 9 heteroatoms. The lowest BCUT2D eigenvalue weighted by molar-refractivity contribution is 0.0563. The van der Waals surface area contributed by atoms with Crippen molar-refractivity contribution in [2.75, 3.05) is 39.9 Å². The van der Waals surface area contributed by atoms with Gasteiger partial charge in [0.2, 0.25) is 0 Å². The quantitative estimate of drug-likeness (QED) is 0.607. The van der Waals surface area contributed by atoms with E-state index in [1.165, 1.54) is 0 Å². The predicted molar refractivity (Wildman–Crippen MR) is 117 cm³/mol. The van der Waals surface area contributed by atoms with Crippen molar-refractivity contribution in [3.05, 3.63) is 53.9 Å². The zero-order valence-corrected chi connectivity index (χ0v) is 18.4. The third-order valence-electron chi connectivity index (χ3n) is 5.33. The Labute approximate surface area is 186 Å². The van der Waals surface area contributed by atoms with E-state index in [-0.39, 0.29) is 12.0 Å². The molecular formula is C23H26N4O5. The Morgan fingerprint density at radius 1 is 1.03 bits per heavy atom. The van der Waals surface area contributed by atoms with Gasteiger partial charge in [0.05, 0.1) is 19.4 Å². The molecule has 0 saturated carbocycles. The predicted octanol–water partition coefficient (Wildman–Crippen LogP) is 3.36. The van der Waals surface area contributed by atoms with Crippen molar-refractivity contribution in [2.24, 2.45) is 0 Å². The van der Waals surface area contributed by atoms with E-state index < -0.39 is 0 Å². The van der Waals surface area contributed by atoms with Crippen LogP contribution in [0.2, 0.25) is 0 Å². The summed E-state index contributed by atoms with van der Waals surface area (Å²) in [5.41, 5.74) is 1.72. The van der Waals surface area contributed by atoms with Crippen molar-refractivity contribution in [2.45, 2.75) is 13.8 Å². The van der Waals surface area contributed by atoms with Crippen LogP contribution in [0.25, 0.3) is 17.1 Å². The topological polar surface area (TPSA) is 90.0 Å².